The van der Waals surface area contributed by atoms with Crippen molar-refractivity contribution in [1.82, 2.24) is 15.5 Å². The lowest BCUT2D eigenvalue weighted by molar-refractivity contribution is -0.385. The molecule has 0 aromatic heterocycles. The van der Waals surface area contributed by atoms with E-state index >= 15 is 0 Å². The first-order valence-electron chi connectivity index (χ1n) is 9.74. The number of carbonyl (C=O) groups excluding carboxylic acids is 2. The van der Waals surface area contributed by atoms with Crippen LogP contribution in [0.4, 0.5) is 16.2 Å². The number of hydrogen-bond acceptors (Lipinski definition) is 6. The van der Waals surface area contributed by atoms with Gasteiger partial charge in [0.05, 0.1) is 11.5 Å². The molecule has 162 valence electrons. The van der Waals surface area contributed by atoms with Crippen LogP contribution in [0.1, 0.15) is 24.2 Å². The molecule has 2 aliphatic rings. The molecule has 2 aliphatic heterocycles. The van der Waals surface area contributed by atoms with Gasteiger partial charge in [0.15, 0.2) is 0 Å². The molecule has 0 saturated carbocycles. The van der Waals surface area contributed by atoms with Crippen molar-refractivity contribution in [3.8, 4) is 0 Å². The van der Waals surface area contributed by atoms with Crippen molar-refractivity contribution >= 4 is 29.3 Å². The highest BCUT2D eigenvalue weighted by Crippen LogP contribution is 2.35. The summed E-state index contributed by atoms with van der Waals surface area (Å²) in [5.74, 6) is -0.701. The summed E-state index contributed by atoms with van der Waals surface area (Å²) in [5.41, 5.74) is 0.213. The largest absolute Gasteiger partial charge is 0.465 e. The smallest absolute Gasteiger partial charge is 0.407 e. The molecule has 11 nitrogen and oxygen atoms in total. The molecule has 2 heterocycles. The second-order valence-electron chi connectivity index (χ2n) is 7.98. The van der Waals surface area contributed by atoms with Gasteiger partial charge in [0, 0.05) is 55.8 Å². The molecule has 1 aromatic carbocycles. The molecule has 0 spiro atoms. The fourth-order valence-electron chi connectivity index (χ4n) is 4.05. The maximum atomic E-state index is 12.6. The number of carboxylic acid groups (broad SMARTS) is 1. The first-order chi connectivity index (χ1) is 14.2. The van der Waals surface area contributed by atoms with Crippen LogP contribution in [0.25, 0.3) is 0 Å². The lowest BCUT2D eigenvalue weighted by atomic mass is 10.0. The molecule has 3 rings (SSSR count). The van der Waals surface area contributed by atoms with Crippen molar-refractivity contribution in [2.75, 3.05) is 37.6 Å². The van der Waals surface area contributed by atoms with Gasteiger partial charge < -0.3 is 25.5 Å². The SMILES string of the molecule is CC(C)NC(=O)CNC(=O)c1cc(N2CC3CN(C(=O)O)CC3C2)ccc1[N+](=O)[O-]. The molecule has 0 bridgehead atoms. The lowest BCUT2D eigenvalue weighted by Crippen LogP contribution is -2.40. The van der Waals surface area contributed by atoms with Crippen molar-refractivity contribution in [3.63, 3.8) is 0 Å². The molecular weight excluding hydrogens is 394 g/mol. The summed E-state index contributed by atoms with van der Waals surface area (Å²) >= 11 is 0. The molecule has 30 heavy (non-hydrogen) atoms. The number of benzene rings is 1. The third-order valence-electron chi connectivity index (χ3n) is 5.40. The first kappa shape index (κ1) is 21.3. The number of carbonyl (C=O) groups is 3. The van der Waals surface area contributed by atoms with Gasteiger partial charge in [0.2, 0.25) is 5.91 Å². The second kappa shape index (κ2) is 8.56. The average molecular weight is 419 g/mol. The molecule has 3 amide bonds. The highest BCUT2D eigenvalue weighted by Gasteiger charge is 2.42. The molecule has 2 atom stereocenters. The minimum Gasteiger partial charge on any atom is -0.465 e. The Balaban J connectivity index is 1.72. The summed E-state index contributed by atoms with van der Waals surface area (Å²) in [6.45, 7) is 5.44. The van der Waals surface area contributed by atoms with E-state index in [1.54, 1.807) is 19.9 Å². The Bertz CT molecular complexity index is 859. The molecule has 2 saturated heterocycles. The van der Waals surface area contributed by atoms with Crippen LogP contribution in [0.2, 0.25) is 0 Å². The van der Waals surface area contributed by atoms with Gasteiger partial charge in [-0.25, -0.2) is 4.79 Å². The quantitative estimate of drug-likeness (QED) is 0.459. The molecule has 0 radical (unpaired) electrons. The standard InChI is InChI=1S/C19H25N5O6/c1-11(2)21-17(25)6-20-18(26)15-5-14(3-4-16(15)24(29)30)22-7-12-9-23(19(27)28)10-13(12)8-22/h3-5,11-13H,6-10H2,1-2H3,(H,20,26)(H,21,25)(H,27,28). The van der Waals surface area contributed by atoms with E-state index in [4.69, 9.17) is 5.11 Å². The highest BCUT2D eigenvalue weighted by atomic mass is 16.6. The average Bonchev–Trinajstić information content (AvgIpc) is 3.24. The summed E-state index contributed by atoms with van der Waals surface area (Å²) < 4.78 is 0. The lowest BCUT2D eigenvalue weighted by Gasteiger charge is -2.22. The number of nitro benzene ring substituents is 1. The van der Waals surface area contributed by atoms with Crippen LogP contribution >= 0.6 is 0 Å². The minimum atomic E-state index is -0.924. The van der Waals surface area contributed by atoms with Crippen molar-refractivity contribution in [2.24, 2.45) is 11.8 Å². The van der Waals surface area contributed by atoms with Crippen molar-refractivity contribution in [3.05, 3.63) is 33.9 Å². The predicted octanol–water partition coefficient (Wildman–Crippen LogP) is 0.895. The normalized spacial score (nSPS) is 20.2. The number of likely N-dealkylation sites (tertiary alicyclic amines) is 1. The Morgan fingerprint density at radius 3 is 2.37 bits per heavy atom. The van der Waals surface area contributed by atoms with Gasteiger partial charge in [0.1, 0.15) is 5.56 Å². The second-order valence-corrected chi connectivity index (χ2v) is 7.98. The first-order valence-corrected chi connectivity index (χ1v) is 9.74. The van der Waals surface area contributed by atoms with Crippen LogP contribution in [0.5, 0.6) is 0 Å². The van der Waals surface area contributed by atoms with Crippen LogP contribution in [0.3, 0.4) is 0 Å². The van der Waals surface area contributed by atoms with Gasteiger partial charge in [-0.15, -0.1) is 0 Å². The summed E-state index contributed by atoms with van der Waals surface area (Å²) in [4.78, 5) is 49.6. The van der Waals surface area contributed by atoms with Crippen LogP contribution in [0.15, 0.2) is 18.2 Å². The topological polar surface area (TPSA) is 145 Å². The minimum absolute atomic E-state index is 0.0845. The fraction of sp³-hybridized carbons (Fsp3) is 0.526. The van der Waals surface area contributed by atoms with Crippen LogP contribution < -0.4 is 15.5 Å². The maximum absolute atomic E-state index is 12.6. The van der Waals surface area contributed by atoms with E-state index in [9.17, 15) is 24.5 Å². The van der Waals surface area contributed by atoms with Crippen molar-refractivity contribution in [1.29, 1.82) is 0 Å². The third kappa shape index (κ3) is 4.61. The number of rotatable bonds is 6. The van der Waals surface area contributed by atoms with E-state index in [1.165, 1.54) is 17.0 Å². The van der Waals surface area contributed by atoms with Gasteiger partial charge in [-0.3, -0.25) is 19.7 Å². The van der Waals surface area contributed by atoms with E-state index in [2.05, 4.69) is 10.6 Å². The Morgan fingerprint density at radius 2 is 1.83 bits per heavy atom. The molecule has 0 aliphatic carbocycles. The van der Waals surface area contributed by atoms with Crippen LogP contribution in [0, 0.1) is 22.0 Å². The van der Waals surface area contributed by atoms with E-state index < -0.39 is 16.9 Å². The van der Waals surface area contributed by atoms with Gasteiger partial charge in [-0.2, -0.15) is 0 Å². The number of anilines is 1. The zero-order valence-corrected chi connectivity index (χ0v) is 16.8. The number of nitro groups is 1. The monoisotopic (exact) mass is 419 g/mol. The molecular formula is C19H25N5O6. The predicted molar refractivity (Wildman–Crippen MR) is 107 cm³/mol. The Hall–Kier alpha value is -3.37. The number of hydrogen-bond donors (Lipinski definition) is 3. The fourth-order valence-corrected chi connectivity index (χ4v) is 4.05. The Kier molecular flexibility index (Phi) is 6.09. The summed E-state index contributed by atoms with van der Waals surface area (Å²) in [5, 5.41) is 25.6. The molecule has 11 heteroatoms. The summed E-state index contributed by atoms with van der Waals surface area (Å²) in [6.07, 6.45) is -0.924. The Labute approximate surface area is 173 Å². The molecule has 3 N–H and O–H groups in total. The van der Waals surface area contributed by atoms with E-state index in [1.807, 2.05) is 4.90 Å². The van der Waals surface area contributed by atoms with Crippen molar-refractivity contribution in [2.45, 2.75) is 19.9 Å². The number of nitrogens with one attached hydrogen (secondary N) is 2. The van der Waals surface area contributed by atoms with Crippen LogP contribution in [-0.2, 0) is 4.79 Å². The number of amides is 3. The summed E-state index contributed by atoms with van der Waals surface area (Å²) in [6, 6.07) is 4.26. The Morgan fingerprint density at radius 1 is 1.20 bits per heavy atom. The van der Waals surface area contributed by atoms with Gasteiger partial charge in [-0.05, 0) is 26.0 Å². The summed E-state index contributed by atoms with van der Waals surface area (Å²) in [7, 11) is 0. The zero-order chi connectivity index (χ0) is 22.0. The van der Waals surface area contributed by atoms with E-state index in [0.717, 1.165) is 0 Å². The van der Waals surface area contributed by atoms with E-state index in [0.29, 0.717) is 31.9 Å². The molecule has 1 aromatic rings. The van der Waals surface area contributed by atoms with Gasteiger partial charge in [0.25, 0.3) is 11.6 Å². The number of nitrogens with zero attached hydrogens (tertiary/aromatic N) is 3. The van der Waals surface area contributed by atoms with E-state index in [-0.39, 0.29) is 41.6 Å². The highest BCUT2D eigenvalue weighted by molar-refractivity contribution is 6.00. The molecule has 2 unspecified atom stereocenters. The maximum Gasteiger partial charge on any atom is 0.407 e. The van der Waals surface area contributed by atoms with Gasteiger partial charge >= 0.3 is 6.09 Å². The third-order valence-corrected chi connectivity index (χ3v) is 5.40. The van der Waals surface area contributed by atoms with Gasteiger partial charge in [-0.1, -0.05) is 0 Å². The van der Waals surface area contributed by atoms with Crippen LogP contribution in [-0.4, -0.2) is 71.6 Å². The molecule has 2 fully saturated rings. The number of fused-ring (bicyclic) bond motifs is 1. The zero-order valence-electron chi connectivity index (χ0n) is 16.8. The van der Waals surface area contributed by atoms with Crippen molar-refractivity contribution < 1.29 is 24.4 Å².